The molecule has 2 aliphatic rings. The van der Waals surface area contributed by atoms with Gasteiger partial charge in [0.15, 0.2) is 0 Å². The molecule has 1 aliphatic carbocycles. The number of fused-ring (bicyclic) bond motifs is 2. The molecule has 27 heavy (non-hydrogen) atoms. The molecule has 0 unspecified atom stereocenters. The number of pyridine rings is 1. The van der Waals surface area contributed by atoms with E-state index < -0.39 is 0 Å². The Morgan fingerprint density at radius 3 is 2.96 bits per heavy atom. The van der Waals surface area contributed by atoms with Crippen LogP contribution in [0.2, 0.25) is 0 Å². The number of hydrogen-bond donors (Lipinski definition) is 2. The van der Waals surface area contributed by atoms with Gasteiger partial charge >= 0.3 is 0 Å². The SMILES string of the molecule is O=C(c1cc2c([nH]c1=O)CCC2)N1CCC[C@@H]1c1nc2ccc(F)cc2[nH]1. The molecule has 0 saturated carbocycles. The first-order valence-corrected chi connectivity index (χ1v) is 9.31. The monoisotopic (exact) mass is 366 g/mol. The van der Waals surface area contributed by atoms with Gasteiger partial charge < -0.3 is 14.9 Å². The number of carbonyl (C=O) groups is 1. The third-order valence-electron chi connectivity index (χ3n) is 5.61. The highest BCUT2D eigenvalue weighted by Gasteiger charge is 2.34. The standard InChI is InChI=1S/C20H19FN4O2/c21-12-6-7-15-16(10-12)23-18(22-15)17-5-2-8-25(17)20(27)13-9-11-3-1-4-14(11)24-19(13)26/h6-7,9-10,17H,1-5,8H2,(H,22,23)(H,24,26)/t17-/m1/s1. The molecular weight excluding hydrogens is 347 g/mol. The van der Waals surface area contributed by atoms with E-state index in [4.69, 9.17) is 0 Å². The molecule has 3 aromatic rings. The van der Waals surface area contributed by atoms with Crippen molar-refractivity contribution in [3.63, 3.8) is 0 Å². The summed E-state index contributed by atoms with van der Waals surface area (Å²) in [6.45, 7) is 0.575. The minimum Gasteiger partial charge on any atom is -0.340 e. The molecule has 0 spiro atoms. The molecule has 2 N–H and O–H groups in total. The van der Waals surface area contributed by atoms with Crippen LogP contribution in [0.1, 0.15) is 52.7 Å². The van der Waals surface area contributed by atoms with Gasteiger partial charge in [0, 0.05) is 12.2 Å². The van der Waals surface area contributed by atoms with Crippen molar-refractivity contribution in [3.8, 4) is 0 Å². The van der Waals surface area contributed by atoms with Gasteiger partial charge in [0.2, 0.25) is 0 Å². The number of aryl methyl sites for hydroxylation is 2. The van der Waals surface area contributed by atoms with Gasteiger partial charge in [-0.05, 0) is 61.9 Å². The summed E-state index contributed by atoms with van der Waals surface area (Å²) in [6.07, 6.45) is 4.36. The van der Waals surface area contributed by atoms with Gasteiger partial charge in [-0.3, -0.25) is 9.59 Å². The summed E-state index contributed by atoms with van der Waals surface area (Å²) in [5.41, 5.74) is 3.17. The fourth-order valence-corrected chi connectivity index (χ4v) is 4.28. The largest absolute Gasteiger partial charge is 0.340 e. The van der Waals surface area contributed by atoms with Crippen LogP contribution in [0.25, 0.3) is 11.0 Å². The zero-order valence-electron chi connectivity index (χ0n) is 14.7. The van der Waals surface area contributed by atoms with Crippen molar-refractivity contribution < 1.29 is 9.18 Å². The van der Waals surface area contributed by atoms with Gasteiger partial charge in [0.1, 0.15) is 17.2 Å². The Kier molecular flexibility index (Phi) is 3.63. The molecule has 7 heteroatoms. The summed E-state index contributed by atoms with van der Waals surface area (Å²) in [5.74, 6) is 0.0425. The lowest BCUT2D eigenvalue weighted by Crippen LogP contribution is -2.35. The van der Waals surface area contributed by atoms with Crippen LogP contribution in [0.5, 0.6) is 0 Å². The van der Waals surface area contributed by atoms with E-state index in [0.717, 1.165) is 43.4 Å². The Morgan fingerprint density at radius 2 is 2.07 bits per heavy atom. The van der Waals surface area contributed by atoms with Crippen LogP contribution in [0, 0.1) is 5.82 Å². The number of imidazole rings is 1. The third-order valence-corrected chi connectivity index (χ3v) is 5.61. The van der Waals surface area contributed by atoms with E-state index in [0.29, 0.717) is 23.4 Å². The molecule has 3 heterocycles. The average molecular weight is 366 g/mol. The molecule has 1 fully saturated rings. The molecule has 138 valence electrons. The summed E-state index contributed by atoms with van der Waals surface area (Å²) >= 11 is 0. The molecule has 0 bridgehead atoms. The number of rotatable bonds is 2. The highest BCUT2D eigenvalue weighted by Crippen LogP contribution is 2.32. The zero-order valence-corrected chi connectivity index (χ0v) is 14.7. The van der Waals surface area contributed by atoms with Crippen LogP contribution in [-0.2, 0) is 12.8 Å². The second-order valence-electron chi connectivity index (χ2n) is 7.31. The van der Waals surface area contributed by atoms with Gasteiger partial charge in [0.25, 0.3) is 11.5 Å². The van der Waals surface area contributed by atoms with Gasteiger partial charge in [-0.2, -0.15) is 0 Å². The molecule has 1 atom stereocenters. The van der Waals surface area contributed by atoms with E-state index in [-0.39, 0.29) is 28.9 Å². The number of hydrogen-bond acceptors (Lipinski definition) is 3. The highest BCUT2D eigenvalue weighted by molar-refractivity contribution is 5.94. The number of H-pyrrole nitrogens is 2. The van der Waals surface area contributed by atoms with E-state index in [1.807, 2.05) is 0 Å². The maximum Gasteiger partial charge on any atom is 0.261 e. The number of nitrogens with zero attached hydrogens (tertiary/aromatic N) is 2. The molecule has 6 nitrogen and oxygen atoms in total. The first kappa shape index (κ1) is 16.2. The molecule has 2 aromatic heterocycles. The van der Waals surface area contributed by atoms with E-state index in [9.17, 15) is 14.0 Å². The number of benzene rings is 1. The van der Waals surface area contributed by atoms with E-state index in [1.54, 1.807) is 17.0 Å². The lowest BCUT2D eigenvalue weighted by molar-refractivity contribution is 0.0728. The average Bonchev–Trinajstić information content (AvgIpc) is 3.38. The van der Waals surface area contributed by atoms with Crippen molar-refractivity contribution in [2.45, 2.75) is 38.1 Å². The number of likely N-dealkylation sites (tertiary alicyclic amines) is 1. The van der Waals surface area contributed by atoms with Crippen molar-refractivity contribution in [1.82, 2.24) is 19.9 Å². The molecule has 1 aliphatic heterocycles. The van der Waals surface area contributed by atoms with Crippen molar-refractivity contribution in [2.75, 3.05) is 6.54 Å². The number of nitrogens with one attached hydrogen (secondary N) is 2. The summed E-state index contributed by atoms with van der Waals surface area (Å²) in [5, 5.41) is 0. The number of amides is 1. The molecule has 1 saturated heterocycles. The third kappa shape index (κ3) is 2.65. The van der Waals surface area contributed by atoms with E-state index >= 15 is 0 Å². The summed E-state index contributed by atoms with van der Waals surface area (Å²) in [7, 11) is 0. The highest BCUT2D eigenvalue weighted by atomic mass is 19.1. The van der Waals surface area contributed by atoms with Gasteiger partial charge in [-0.25, -0.2) is 9.37 Å². The predicted molar refractivity (Wildman–Crippen MR) is 98.2 cm³/mol. The number of aromatic nitrogens is 3. The first-order chi connectivity index (χ1) is 13.1. The lowest BCUT2D eigenvalue weighted by atomic mass is 10.1. The molecular formula is C20H19FN4O2. The molecule has 5 rings (SSSR count). The van der Waals surface area contributed by atoms with Gasteiger partial charge in [-0.1, -0.05) is 0 Å². The van der Waals surface area contributed by atoms with E-state index in [1.165, 1.54) is 12.1 Å². The van der Waals surface area contributed by atoms with E-state index in [2.05, 4.69) is 15.0 Å². The summed E-state index contributed by atoms with van der Waals surface area (Å²) in [4.78, 5) is 37.8. The summed E-state index contributed by atoms with van der Waals surface area (Å²) in [6, 6.07) is 5.91. The topological polar surface area (TPSA) is 81.8 Å². The van der Waals surface area contributed by atoms with Crippen molar-refractivity contribution in [1.29, 1.82) is 0 Å². The summed E-state index contributed by atoms with van der Waals surface area (Å²) < 4.78 is 13.5. The maximum absolute atomic E-state index is 13.5. The fourth-order valence-electron chi connectivity index (χ4n) is 4.28. The van der Waals surface area contributed by atoms with Crippen molar-refractivity contribution in [3.05, 3.63) is 63.1 Å². The molecule has 1 amide bonds. The minimum atomic E-state index is -0.332. The Labute approximate surface area is 154 Å². The first-order valence-electron chi connectivity index (χ1n) is 9.31. The number of carbonyl (C=O) groups excluding carboxylic acids is 1. The second kappa shape index (κ2) is 6.04. The Hall–Kier alpha value is -2.96. The van der Waals surface area contributed by atoms with Crippen LogP contribution in [0.15, 0.2) is 29.1 Å². The smallest absolute Gasteiger partial charge is 0.261 e. The van der Waals surface area contributed by atoms with Crippen LogP contribution in [0.4, 0.5) is 4.39 Å². The quantitative estimate of drug-likeness (QED) is 0.732. The minimum absolute atomic E-state index is 0.199. The lowest BCUT2D eigenvalue weighted by Gasteiger charge is -2.23. The Morgan fingerprint density at radius 1 is 1.19 bits per heavy atom. The Bertz CT molecular complexity index is 1120. The van der Waals surface area contributed by atoms with Crippen LogP contribution >= 0.6 is 0 Å². The molecule has 0 radical (unpaired) electrons. The number of halogens is 1. The molecule has 1 aromatic carbocycles. The maximum atomic E-state index is 13.5. The predicted octanol–water partition coefficient (Wildman–Crippen LogP) is 2.86. The van der Waals surface area contributed by atoms with Crippen molar-refractivity contribution >= 4 is 16.9 Å². The van der Waals surface area contributed by atoms with Gasteiger partial charge in [0.05, 0.1) is 17.1 Å². The van der Waals surface area contributed by atoms with Gasteiger partial charge in [-0.15, -0.1) is 0 Å². The Balaban J connectivity index is 1.50. The fraction of sp³-hybridized carbons (Fsp3) is 0.350. The normalized spacial score (nSPS) is 19.0. The zero-order chi connectivity index (χ0) is 18.5. The number of aromatic amines is 2. The van der Waals surface area contributed by atoms with Crippen LogP contribution in [0.3, 0.4) is 0 Å². The van der Waals surface area contributed by atoms with Crippen molar-refractivity contribution in [2.24, 2.45) is 0 Å². The van der Waals surface area contributed by atoms with Crippen LogP contribution < -0.4 is 5.56 Å². The second-order valence-corrected chi connectivity index (χ2v) is 7.31. The van der Waals surface area contributed by atoms with Crippen LogP contribution in [-0.4, -0.2) is 32.3 Å².